The molecule has 0 unspecified atom stereocenters. The lowest BCUT2D eigenvalue weighted by Gasteiger charge is -2.03. The van der Waals surface area contributed by atoms with Gasteiger partial charge in [0.15, 0.2) is 0 Å². The molecule has 0 atom stereocenters. The molecule has 1 aromatic carbocycles. The highest BCUT2D eigenvalue weighted by Crippen LogP contribution is 2.07. The van der Waals surface area contributed by atoms with E-state index in [0.717, 1.165) is 0 Å². The summed E-state index contributed by atoms with van der Waals surface area (Å²) in [5.74, 6) is -0.743. The van der Waals surface area contributed by atoms with Gasteiger partial charge in [0.25, 0.3) is 5.91 Å². The average Bonchev–Trinajstić information content (AvgIpc) is 2.36. The van der Waals surface area contributed by atoms with Crippen molar-refractivity contribution >= 4 is 18.2 Å². The summed E-state index contributed by atoms with van der Waals surface area (Å²) in [4.78, 5) is 28.4. The maximum absolute atomic E-state index is 11.6. The molecule has 1 rings (SSSR count). The Hall–Kier alpha value is -2.17. The van der Waals surface area contributed by atoms with E-state index in [1.165, 1.54) is 6.34 Å². The average molecular weight is 248 g/mol. The number of hydrogen-bond donors (Lipinski definition) is 0. The highest BCUT2D eigenvalue weighted by Gasteiger charge is 2.08. The molecule has 1 aromatic rings. The van der Waals surface area contributed by atoms with Crippen molar-refractivity contribution in [1.29, 1.82) is 0 Å². The summed E-state index contributed by atoms with van der Waals surface area (Å²) < 4.78 is 4.85. The van der Waals surface area contributed by atoms with Gasteiger partial charge in [-0.05, 0) is 31.2 Å². The minimum atomic E-state index is -0.395. The first-order valence-electron chi connectivity index (χ1n) is 5.56. The van der Waals surface area contributed by atoms with Crippen molar-refractivity contribution < 1.29 is 14.3 Å². The van der Waals surface area contributed by atoms with Gasteiger partial charge in [-0.1, -0.05) is 0 Å². The minimum Gasteiger partial charge on any atom is -0.462 e. The van der Waals surface area contributed by atoms with Crippen LogP contribution < -0.4 is 0 Å². The zero-order valence-corrected chi connectivity index (χ0v) is 10.7. The van der Waals surface area contributed by atoms with Gasteiger partial charge in [0.05, 0.1) is 18.5 Å². The second-order valence-electron chi connectivity index (χ2n) is 3.81. The molecule has 0 bridgehead atoms. The van der Waals surface area contributed by atoms with Gasteiger partial charge >= 0.3 is 5.97 Å². The third-order valence-corrected chi connectivity index (χ3v) is 2.05. The van der Waals surface area contributed by atoms with Crippen LogP contribution in [0.15, 0.2) is 29.3 Å². The maximum atomic E-state index is 11.6. The fraction of sp³-hybridized carbons (Fsp3) is 0.308. The molecule has 0 fully saturated rings. The molecule has 0 saturated carbocycles. The van der Waals surface area contributed by atoms with Gasteiger partial charge in [-0.15, -0.1) is 0 Å². The van der Waals surface area contributed by atoms with Crippen LogP contribution in [0.5, 0.6) is 0 Å². The summed E-state index contributed by atoms with van der Waals surface area (Å²) in [7, 11) is 3.56. The van der Waals surface area contributed by atoms with Gasteiger partial charge in [0.1, 0.15) is 0 Å². The monoisotopic (exact) mass is 248 g/mol. The van der Waals surface area contributed by atoms with Crippen molar-refractivity contribution in [1.82, 2.24) is 4.90 Å². The van der Waals surface area contributed by atoms with E-state index in [0.29, 0.717) is 17.7 Å². The predicted octanol–water partition coefficient (Wildman–Crippen LogP) is 1.59. The molecule has 0 aliphatic heterocycles. The number of rotatable bonds is 4. The summed E-state index contributed by atoms with van der Waals surface area (Å²) >= 11 is 0. The number of esters is 1. The number of ether oxygens (including phenoxy) is 1. The summed E-state index contributed by atoms with van der Waals surface area (Å²) in [6.45, 7) is 2.07. The Kier molecular flexibility index (Phi) is 5.05. The van der Waals surface area contributed by atoms with E-state index in [1.807, 2.05) is 0 Å². The first kappa shape index (κ1) is 13.9. The number of aliphatic imine (C=N–C) groups is 1. The van der Waals surface area contributed by atoms with E-state index in [-0.39, 0.29) is 5.91 Å². The normalized spacial score (nSPS) is 10.4. The van der Waals surface area contributed by atoms with Crippen LogP contribution in [-0.4, -0.2) is 43.8 Å². The largest absolute Gasteiger partial charge is 0.462 e. The van der Waals surface area contributed by atoms with Crippen molar-refractivity contribution in [2.45, 2.75) is 6.92 Å². The quantitative estimate of drug-likeness (QED) is 0.461. The molecule has 1 amide bonds. The van der Waals surface area contributed by atoms with Gasteiger partial charge < -0.3 is 9.64 Å². The molecule has 0 aliphatic rings. The first-order chi connectivity index (χ1) is 8.54. The minimum absolute atomic E-state index is 0.326. The van der Waals surface area contributed by atoms with Crippen molar-refractivity contribution in [3.05, 3.63) is 35.4 Å². The van der Waals surface area contributed by atoms with Crippen molar-refractivity contribution in [2.75, 3.05) is 20.7 Å². The van der Waals surface area contributed by atoms with Crippen LogP contribution >= 0.6 is 0 Å². The number of carbonyl (C=O) groups is 2. The predicted molar refractivity (Wildman–Crippen MR) is 68.9 cm³/mol. The number of carbonyl (C=O) groups excluding carboxylic acids is 2. The molecular weight excluding hydrogens is 232 g/mol. The Morgan fingerprint density at radius 3 is 2.28 bits per heavy atom. The Labute approximate surface area is 106 Å². The molecule has 5 nitrogen and oxygen atoms in total. The first-order valence-corrected chi connectivity index (χ1v) is 5.56. The van der Waals surface area contributed by atoms with Gasteiger partial charge in [-0.3, -0.25) is 4.79 Å². The number of benzene rings is 1. The molecule has 18 heavy (non-hydrogen) atoms. The number of amides is 1. The molecule has 0 spiro atoms. The molecule has 0 aromatic heterocycles. The third-order valence-electron chi connectivity index (χ3n) is 2.05. The molecule has 96 valence electrons. The summed E-state index contributed by atoms with van der Waals surface area (Å²) in [6.07, 6.45) is 1.43. The SMILES string of the molecule is CCOC(=O)c1ccc(C(=O)N=CN(C)C)cc1. The molecule has 0 radical (unpaired) electrons. The van der Waals surface area contributed by atoms with Crippen molar-refractivity contribution in [3.8, 4) is 0 Å². The second-order valence-corrected chi connectivity index (χ2v) is 3.81. The molecule has 0 N–H and O–H groups in total. The van der Waals surface area contributed by atoms with Gasteiger partial charge in [-0.2, -0.15) is 4.99 Å². The fourth-order valence-corrected chi connectivity index (χ4v) is 1.21. The lowest BCUT2D eigenvalue weighted by Crippen LogP contribution is -2.10. The second kappa shape index (κ2) is 6.54. The van der Waals surface area contributed by atoms with Crippen molar-refractivity contribution in [2.24, 2.45) is 4.99 Å². The molecule has 0 heterocycles. The van der Waals surface area contributed by atoms with Crippen LogP contribution in [0, 0.1) is 0 Å². The molecule has 0 aliphatic carbocycles. The Morgan fingerprint density at radius 1 is 1.22 bits per heavy atom. The van der Waals surface area contributed by atoms with E-state index >= 15 is 0 Å². The summed E-state index contributed by atoms with van der Waals surface area (Å²) in [5, 5.41) is 0. The van der Waals surface area contributed by atoms with Crippen LogP contribution in [0.1, 0.15) is 27.6 Å². The van der Waals surface area contributed by atoms with E-state index in [2.05, 4.69) is 4.99 Å². The van der Waals surface area contributed by atoms with Gasteiger partial charge in [-0.25, -0.2) is 4.79 Å². The van der Waals surface area contributed by atoms with Crippen LogP contribution in [-0.2, 0) is 4.74 Å². The third kappa shape index (κ3) is 4.01. The van der Waals surface area contributed by atoms with Crippen LogP contribution in [0.3, 0.4) is 0 Å². The maximum Gasteiger partial charge on any atom is 0.338 e. The highest BCUT2D eigenvalue weighted by molar-refractivity contribution is 5.99. The lowest BCUT2D eigenvalue weighted by atomic mass is 10.1. The van der Waals surface area contributed by atoms with Crippen LogP contribution in [0.25, 0.3) is 0 Å². The van der Waals surface area contributed by atoms with Gasteiger partial charge in [0.2, 0.25) is 0 Å². The standard InChI is InChI=1S/C13H16N2O3/c1-4-18-13(17)11-7-5-10(6-8-11)12(16)14-9-15(2)3/h5-9H,4H2,1-3H3. The van der Waals surface area contributed by atoms with E-state index < -0.39 is 5.97 Å². The summed E-state index contributed by atoms with van der Waals surface area (Å²) in [5.41, 5.74) is 0.853. The Balaban J connectivity index is 2.76. The number of nitrogens with zero attached hydrogens (tertiary/aromatic N) is 2. The lowest BCUT2D eigenvalue weighted by molar-refractivity contribution is 0.0526. The van der Waals surface area contributed by atoms with E-state index in [4.69, 9.17) is 4.74 Å². The molecule has 5 heteroatoms. The molecule has 0 saturated heterocycles. The van der Waals surface area contributed by atoms with E-state index in [1.54, 1.807) is 50.2 Å². The number of hydrogen-bond acceptors (Lipinski definition) is 3. The van der Waals surface area contributed by atoms with Crippen molar-refractivity contribution in [3.63, 3.8) is 0 Å². The zero-order valence-electron chi connectivity index (χ0n) is 10.7. The van der Waals surface area contributed by atoms with Crippen LogP contribution in [0.4, 0.5) is 0 Å². The zero-order chi connectivity index (χ0) is 13.5. The van der Waals surface area contributed by atoms with E-state index in [9.17, 15) is 9.59 Å². The van der Waals surface area contributed by atoms with Crippen LogP contribution in [0.2, 0.25) is 0 Å². The fourth-order valence-electron chi connectivity index (χ4n) is 1.21. The topological polar surface area (TPSA) is 59.0 Å². The van der Waals surface area contributed by atoms with Gasteiger partial charge in [0, 0.05) is 19.7 Å². The molecular formula is C13H16N2O3. The Morgan fingerprint density at radius 2 is 1.78 bits per heavy atom. The summed E-state index contributed by atoms with van der Waals surface area (Å²) in [6, 6.07) is 6.22. The highest BCUT2D eigenvalue weighted by atomic mass is 16.5. The smallest absolute Gasteiger partial charge is 0.338 e. The Bertz CT molecular complexity index is 450.